The number of hydrogen-bond acceptors (Lipinski definition) is 6. The molecule has 0 aromatic carbocycles. The van der Waals surface area contributed by atoms with E-state index in [1.54, 1.807) is 11.3 Å². The minimum absolute atomic E-state index is 0.0836. The van der Waals surface area contributed by atoms with Crippen LogP contribution in [0, 0.1) is 0 Å². The zero-order valence-corrected chi connectivity index (χ0v) is 14.9. The summed E-state index contributed by atoms with van der Waals surface area (Å²) in [5.74, 6) is 1.03. The second-order valence-corrected chi connectivity index (χ2v) is 8.01. The Hall–Kier alpha value is -0.140. The smallest absolute Gasteiger partial charge is 0.103 e. The van der Waals surface area contributed by atoms with Crippen molar-refractivity contribution in [1.29, 1.82) is 0 Å². The van der Waals surface area contributed by atoms with E-state index in [1.807, 2.05) is 11.8 Å². The van der Waals surface area contributed by atoms with Crippen LogP contribution in [0.5, 0.6) is 0 Å². The Bertz CT molecular complexity index is 455. The third-order valence-corrected chi connectivity index (χ3v) is 6.22. The summed E-state index contributed by atoms with van der Waals surface area (Å²) in [7, 11) is 0. The number of thiazole rings is 1. The lowest BCUT2D eigenvalue weighted by Gasteiger charge is -2.43. The van der Waals surface area contributed by atoms with Gasteiger partial charge in [0.05, 0.1) is 11.3 Å². The molecular weight excluding hydrogens is 316 g/mol. The molecule has 3 heterocycles. The molecule has 0 radical (unpaired) electrons. The summed E-state index contributed by atoms with van der Waals surface area (Å²) in [6.07, 6.45) is 7.51. The minimum Gasteiger partial charge on any atom is -0.381 e. The van der Waals surface area contributed by atoms with E-state index < -0.39 is 0 Å². The van der Waals surface area contributed by atoms with Gasteiger partial charge in [0.25, 0.3) is 0 Å². The zero-order chi connectivity index (χ0) is 15.3. The van der Waals surface area contributed by atoms with Crippen molar-refractivity contribution in [2.24, 2.45) is 0 Å². The van der Waals surface area contributed by atoms with Gasteiger partial charge in [-0.25, -0.2) is 4.98 Å². The van der Waals surface area contributed by atoms with Crippen molar-refractivity contribution in [3.63, 3.8) is 0 Å². The zero-order valence-electron chi connectivity index (χ0n) is 13.3. The maximum atomic E-state index is 6.10. The number of thioether (sulfide) groups is 1. The molecule has 2 fully saturated rings. The van der Waals surface area contributed by atoms with E-state index in [1.165, 1.54) is 10.7 Å². The molecule has 124 valence electrons. The average Bonchev–Trinajstić information content (AvgIpc) is 2.96. The molecule has 1 unspecified atom stereocenters. The monoisotopic (exact) mass is 342 g/mol. The van der Waals surface area contributed by atoms with Gasteiger partial charge in [-0.15, -0.1) is 11.3 Å². The van der Waals surface area contributed by atoms with Crippen LogP contribution in [-0.4, -0.2) is 49.2 Å². The number of nitrogens with one attached hydrogen (secondary N) is 1. The van der Waals surface area contributed by atoms with Crippen molar-refractivity contribution < 1.29 is 9.47 Å². The lowest BCUT2D eigenvalue weighted by atomic mass is 9.84. The Balaban J connectivity index is 1.42. The summed E-state index contributed by atoms with van der Waals surface area (Å²) in [6.45, 7) is 3.60. The number of nitrogens with zero attached hydrogens (tertiary/aromatic N) is 1. The Morgan fingerprint density at radius 1 is 1.41 bits per heavy atom. The summed E-state index contributed by atoms with van der Waals surface area (Å²) in [5, 5.41) is 7.17. The topological polar surface area (TPSA) is 43.4 Å². The van der Waals surface area contributed by atoms with Crippen molar-refractivity contribution in [3.05, 3.63) is 16.1 Å². The molecule has 0 bridgehead atoms. The lowest BCUT2D eigenvalue weighted by molar-refractivity contribution is -0.140. The summed E-state index contributed by atoms with van der Waals surface area (Å²) in [4.78, 5) is 4.68. The Labute approximate surface area is 141 Å². The molecule has 0 aliphatic carbocycles. The van der Waals surface area contributed by atoms with Gasteiger partial charge in [-0.2, -0.15) is 11.8 Å². The molecule has 2 aliphatic heterocycles. The predicted octanol–water partition coefficient (Wildman–Crippen LogP) is 2.87. The van der Waals surface area contributed by atoms with Gasteiger partial charge in [0.1, 0.15) is 5.01 Å². The summed E-state index contributed by atoms with van der Waals surface area (Å²) >= 11 is 3.62. The molecule has 1 atom stereocenters. The normalized spacial score (nSPS) is 24.7. The molecule has 2 aliphatic rings. The Kier molecular flexibility index (Phi) is 6.16. The molecule has 1 N–H and O–H groups in total. The lowest BCUT2D eigenvalue weighted by Crippen LogP contribution is -2.50. The van der Waals surface area contributed by atoms with Gasteiger partial charge in [-0.05, 0) is 31.9 Å². The first kappa shape index (κ1) is 16.7. The fraction of sp³-hybridized carbons (Fsp3) is 0.812. The summed E-state index contributed by atoms with van der Waals surface area (Å²) in [6, 6.07) is 0.580. The van der Waals surface area contributed by atoms with Crippen molar-refractivity contribution >= 4 is 23.1 Å². The second-order valence-electron chi connectivity index (χ2n) is 6.20. The minimum atomic E-state index is 0.0836. The largest absolute Gasteiger partial charge is 0.381 e. The SMILES string of the molecule is CSCc1nc(CCNC2CCOC3(CCOCC3)C2)cs1. The fourth-order valence-electron chi connectivity index (χ4n) is 3.35. The number of ether oxygens (including phenoxy) is 2. The Morgan fingerprint density at radius 2 is 2.27 bits per heavy atom. The standard InChI is InChI=1S/C16H26N2O2S2/c1-21-12-15-18-14(11-22-15)2-6-17-13-3-7-20-16(10-13)4-8-19-9-5-16/h11,13,17H,2-10,12H2,1H3. The molecule has 1 aromatic rings. The van der Waals surface area contributed by atoms with Gasteiger partial charge in [-0.1, -0.05) is 0 Å². The van der Waals surface area contributed by atoms with E-state index in [-0.39, 0.29) is 5.60 Å². The van der Waals surface area contributed by atoms with Gasteiger partial charge < -0.3 is 14.8 Å². The van der Waals surface area contributed by atoms with E-state index in [0.29, 0.717) is 6.04 Å². The quantitative estimate of drug-likeness (QED) is 0.861. The van der Waals surface area contributed by atoms with Crippen LogP contribution < -0.4 is 5.32 Å². The molecule has 1 aromatic heterocycles. The number of aromatic nitrogens is 1. The van der Waals surface area contributed by atoms with Crippen LogP contribution in [0.1, 0.15) is 36.4 Å². The highest BCUT2D eigenvalue weighted by atomic mass is 32.2. The van der Waals surface area contributed by atoms with E-state index in [0.717, 1.165) is 64.2 Å². The average molecular weight is 343 g/mol. The van der Waals surface area contributed by atoms with Crippen molar-refractivity contribution in [1.82, 2.24) is 10.3 Å². The second kappa shape index (κ2) is 8.11. The van der Waals surface area contributed by atoms with Gasteiger partial charge in [0.2, 0.25) is 0 Å². The molecule has 6 heteroatoms. The van der Waals surface area contributed by atoms with Crippen LogP contribution in [-0.2, 0) is 21.6 Å². The molecular formula is C16H26N2O2S2. The maximum Gasteiger partial charge on any atom is 0.103 e. The molecule has 22 heavy (non-hydrogen) atoms. The number of rotatable bonds is 6. The fourth-order valence-corrected chi connectivity index (χ4v) is 4.90. The molecule has 0 amide bonds. The molecule has 0 saturated carbocycles. The number of hydrogen-bond donors (Lipinski definition) is 1. The van der Waals surface area contributed by atoms with Crippen LogP contribution in [0.15, 0.2) is 5.38 Å². The van der Waals surface area contributed by atoms with Crippen LogP contribution in [0.3, 0.4) is 0 Å². The maximum absolute atomic E-state index is 6.10. The van der Waals surface area contributed by atoms with E-state index in [4.69, 9.17) is 9.47 Å². The Morgan fingerprint density at radius 3 is 3.09 bits per heavy atom. The molecule has 4 nitrogen and oxygen atoms in total. The van der Waals surface area contributed by atoms with Gasteiger partial charge in [-0.3, -0.25) is 0 Å². The van der Waals surface area contributed by atoms with Crippen molar-refractivity contribution in [2.45, 2.75) is 49.5 Å². The van der Waals surface area contributed by atoms with Crippen LogP contribution >= 0.6 is 23.1 Å². The first-order chi connectivity index (χ1) is 10.8. The molecule has 1 spiro atoms. The predicted molar refractivity (Wildman–Crippen MR) is 92.8 cm³/mol. The highest BCUT2D eigenvalue weighted by Crippen LogP contribution is 2.34. The first-order valence-electron chi connectivity index (χ1n) is 8.17. The summed E-state index contributed by atoms with van der Waals surface area (Å²) < 4.78 is 11.6. The van der Waals surface area contributed by atoms with E-state index >= 15 is 0 Å². The highest BCUT2D eigenvalue weighted by molar-refractivity contribution is 7.97. The van der Waals surface area contributed by atoms with E-state index in [2.05, 4.69) is 21.9 Å². The van der Waals surface area contributed by atoms with Gasteiger partial charge in [0, 0.05) is 50.0 Å². The van der Waals surface area contributed by atoms with Crippen molar-refractivity contribution in [3.8, 4) is 0 Å². The third-order valence-electron chi connectivity index (χ3n) is 4.58. The molecule has 2 saturated heterocycles. The van der Waals surface area contributed by atoms with Crippen molar-refractivity contribution in [2.75, 3.05) is 32.6 Å². The highest BCUT2D eigenvalue weighted by Gasteiger charge is 2.38. The van der Waals surface area contributed by atoms with Crippen LogP contribution in [0.2, 0.25) is 0 Å². The third kappa shape index (κ3) is 4.45. The van der Waals surface area contributed by atoms with Gasteiger partial charge in [0.15, 0.2) is 0 Å². The summed E-state index contributed by atoms with van der Waals surface area (Å²) in [5.41, 5.74) is 1.31. The van der Waals surface area contributed by atoms with Crippen LogP contribution in [0.4, 0.5) is 0 Å². The van der Waals surface area contributed by atoms with E-state index in [9.17, 15) is 0 Å². The van der Waals surface area contributed by atoms with Gasteiger partial charge >= 0.3 is 0 Å². The molecule has 3 rings (SSSR count). The van der Waals surface area contributed by atoms with Crippen LogP contribution in [0.25, 0.3) is 0 Å². The first-order valence-corrected chi connectivity index (χ1v) is 10.4.